The van der Waals surface area contributed by atoms with Gasteiger partial charge in [-0.05, 0) is 38.1 Å². The van der Waals surface area contributed by atoms with Crippen molar-refractivity contribution in [2.24, 2.45) is 5.73 Å². The van der Waals surface area contributed by atoms with Crippen LogP contribution in [0.5, 0.6) is 5.75 Å². The predicted molar refractivity (Wildman–Crippen MR) is 58.7 cm³/mol. The highest BCUT2D eigenvalue weighted by atomic mass is 19.1. The van der Waals surface area contributed by atoms with Crippen LogP contribution in [0.1, 0.15) is 23.7 Å². The molecular formula is C11H15FN2O2. The van der Waals surface area contributed by atoms with Gasteiger partial charge < -0.3 is 16.2 Å². The Balaban J connectivity index is 2.76. The molecule has 0 saturated heterocycles. The first kappa shape index (κ1) is 12.4. The first-order chi connectivity index (χ1) is 7.54. The third-order valence-electron chi connectivity index (χ3n) is 2.18. The van der Waals surface area contributed by atoms with Gasteiger partial charge in [-0.25, -0.2) is 4.39 Å². The van der Waals surface area contributed by atoms with Crippen LogP contribution in [0.3, 0.4) is 0 Å². The molecule has 0 fully saturated rings. The molecule has 1 aromatic rings. The number of phenols is 1. The average Bonchev–Trinajstić information content (AvgIpc) is 2.21. The van der Waals surface area contributed by atoms with Gasteiger partial charge in [0.1, 0.15) is 11.6 Å². The van der Waals surface area contributed by atoms with E-state index in [-0.39, 0.29) is 17.4 Å². The van der Waals surface area contributed by atoms with Gasteiger partial charge >= 0.3 is 0 Å². The lowest BCUT2D eigenvalue weighted by Crippen LogP contribution is -2.34. The van der Waals surface area contributed by atoms with Crippen molar-refractivity contribution in [3.63, 3.8) is 0 Å². The van der Waals surface area contributed by atoms with Gasteiger partial charge in [0.15, 0.2) is 0 Å². The normalized spacial score (nSPS) is 12.2. The van der Waals surface area contributed by atoms with Gasteiger partial charge in [-0.2, -0.15) is 0 Å². The van der Waals surface area contributed by atoms with E-state index in [0.717, 1.165) is 18.2 Å². The minimum Gasteiger partial charge on any atom is -0.507 e. The third kappa shape index (κ3) is 3.20. The molecule has 1 unspecified atom stereocenters. The number of aromatic hydroxyl groups is 1. The molecule has 1 rings (SSSR count). The second-order valence-corrected chi connectivity index (χ2v) is 3.61. The Kier molecular flexibility index (Phi) is 4.25. The number of phenolic OH excluding ortho intramolecular Hbond substituents is 1. The number of nitrogens with one attached hydrogen (secondary N) is 1. The van der Waals surface area contributed by atoms with E-state index in [2.05, 4.69) is 5.32 Å². The highest BCUT2D eigenvalue weighted by Gasteiger charge is 2.14. The Morgan fingerprint density at radius 1 is 1.62 bits per heavy atom. The van der Waals surface area contributed by atoms with E-state index in [0.29, 0.717) is 13.0 Å². The fraction of sp³-hybridized carbons (Fsp3) is 0.364. The summed E-state index contributed by atoms with van der Waals surface area (Å²) in [5, 5.41) is 12.0. The van der Waals surface area contributed by atoms with Crippen LogP contribution in [0, 0.1) is 5.82 Å². The fourth-order valence-corrected chi connectivity index (χ4v) is 1.31. The molecule has 0 aromatic heterocycles. The van der Waals surface area contributed by atoms with Crippen molar-refractivity contribution >= 4 is 5.91 Å². The molecular weight excluding hydrogens is 211 g/mol. The van der Waals surface area contributed by atoms with Crippen LogP contribution in [-0.4, -0.2) is 23.6 Å². The highest BCUT2D eigenvalue weighted by molar-refractivity contribution is 5.96. The molecule has 0 aliphatic rings. The van der Waals surface area contributed by atoms with E-state index in [4.69, 9.17) is 5.73 Å². The topological polar surface area (TPSA) is 75.3 Å². The average molecular weight is 226 g/mol. The number of rotatable bonds is 4. The van der Waals surface area contributed by atoms with Crippen LogP contribution < -0.4 is 11.1 Å². The molecule has 0 radical (unpaired) electrons. The number of carbonyl (C=O) groups excluding carboxylic acids is 1. The second-order valence-electron chi connectivity index (χ2n) is 3.61. The molecule has 0 heterocycles. The van der Waals surface area contributed by atoms with E-state index < -0.39 is 11.7 Å². The maximum atomic E-state index is 12.9. The smallest absolute Gasteiger partial charge is 0.255 e. The largest absolute Gasteiger partial charge is 0.507 e. The van der Waals surface area contributed by atoms with E-state index >= 15 is 0 Å². The van der Waals surface area contributed by atoms with E-state index in [1.165, 1.54) is 0 Å². The molecule has 4 N–H and O–H groups in total. The van der Waals surface area contributed by atoms with E-state index in [9.17, 15) is 14.3 Å². The van der Waals surface area contributed by atoms with E-state index in [1.54, 1.807) is 6.92 Å². The zero-order valence-corrected chi connectivity index (χ0v) is 9.03. The Hall–Kier alpha value is -1.62. The Labute approximate surface area is 93.3 Å². The molecule has 1 aromatic carbocycles. The van der Waals surface area contributed by atoms with Crippen molar-refractivity contribution in [3.05, 3.63) is 29.6 Å². The molecule has 88 valence electrons. The number of hydrogen-bond acceptors (Lipinski definition) is 3. The molecule has 0 saturated carbocycles. The zero-order valence-electron chi connectivity index (χ0n) is 9.03. The highest BCUT2D eigenvalue weighted by Crippen LogP contribution is 2.17. The minimum absolute atomic E-state index is 0.0659. The molecule has 0 aliphatic carbocycles. The van der Waals surface area contributed by atoms with Gasteiger partial charge in [-0.15, -0.1) is 0 Å². The second kappa shape index (κ2) is 5.46. The summed E-state index contributed by atoms with van der Waals surface area (Å²) in [5.74, 6) is -1.30. The number of halogens is 1. The molecule has 0 spiro atoms. The lowest BCUT2D eigenvalue weighted by molar-refractivity contribution is 0.0936. The van der Waals surface area contributed by atoms with Crippen LogP contribution in [0.15, 0.2) is 18.2 Å². The van der Waals surface area contributed by atoms with Crippen LogP contribution in [-0.2, 0) is 0 Å². The molecule has 4 nitrogen and oxygen atoms in total. The first-order valence-corrected chi connectivity index (χ1v) is 5.04. The standard InChI is InChI=1S/C11H15FN2O2/c1-7(4-5-13)14-11(16)9-6-8(12)2-3-10(9)15/h2-3,6-7,15H,4-5,13H2,1H3,(H,14,16). The van der Waals surface area contributed by atoms with Crippen molar-refractivity contribution in [2.45, 2.75) is 19.4 Å². The maximum Gasteiger partial charge on any atom is 0.255 e. The summed E-state index contributed by atoms with van der Waals surface area (Å²) in [4.78, 5) is 11.6. The summed E-state index contributed by atoms with van der Waals surface area (Å²) in [6.45, 7) is 2.25. The van der Waals surface area contributed by atoms with Crippen molar-refractivity contribution < 1.29 is 14.3 Å². The molecule has 5 heteroatoms. The van der Waals surface area contributed by atoms with Crippen LogP contribution in [0.25, 0.3) is 0 Å². The molecule has 0 bridgehead atoms. The fourth-order valence-electron chi connectivity index (χ4n) is 1.31. The predicted octanol–water partition coefficient (Wildman–Crippen LogP) is 0.998. The molecule has 16 heavy (non-hydrogen) atoms. The van der Waals surface area contributed by atoms with Gasteiger partial charge in [-0.3, -0.25) is 4.79 Å². The van der Waals surface area contributed by atoms with Gasteiger partial charge in [0.2, 0.25) is 0 Å². The first-order valence-electron chi connectivity index (χ1n) is 5.04. The third-order valence-corrected chi connectivity index (χ3v) is 2.18. The van der Waals surface area contributed by atoms with Gasteiger partial charge in [-0.1, -0.05) is 0 Å². The molecule has 0 aliphatic heterocycles. The SMILES string of the molecule is CC(CCN)NC(=O)c1cc(F)ccc1O. The summed E-state index contributed by atoms with van der Waals surface area (Å²) < 4.78 is 12.9. The number of carbonyl (C=O) groups is 1. The lowest BCUT2D eigenvalue weighted by Gasteiger charge is -2.13. The van der Waals surface area contributed by atoms with E-state index in [1.807, 2.05) is 0 Å². The van der Waals surface area contributed by atoms with Crippen molar-refractivity contribution in [1.29, 1.82) is 0 Å². The monoisotopic (exact) mass is 226 g/mol. The Morgan fingerprint density at radius 3 is 2.94 bits per heavy atom. The van der Waals surface area contributed by atoms with Gasteiger partial charge in [0.05, 0.1) is 5.56 Å². The van der Waals surface area contributed by atoms with Crippen molar-refractivity contribution in [3.8, 4) is 5.75 Å². The van der Waals surface area contributed by atoms with Gasteiger partial charge in [0, 0.05) is 6.04 Å². The maximum absolute atomic E-state index is 12.9. The Morgan fingerprint density at radius 2 is 2.31 bits per heavy atom. The quantitative estimate of drug-likeness (QED) is 0.717. The van der Waals surface area contributed by atoms with Crippen LogP contribution in [0.2, 0.25) is 0 Å². The lowest BCUT2D eigenvalue weighted by atomic mass is 10.1. The molecule has 1 atom stereocenters. The van der Waals surface area contributed by atoms with Crippen molar-refractivity contribution in [1.82, 2.24) is 5.32 Å². The molecule has 1 amide bonds. The van der Waals surface area contributed by atoms with Crippen LogP contribution >= 0.6 is 0 Å². The van der Waals surface area contributed by atoms with Crippen LogP contribution in [0.4, 0.5) is 4.39 Å². The summed E-state index contributed by atoms with van der Waals surface area (Å²) >= 11 is 0. The zero-order chi connectivity index (χ0) is 12.1. The van der Waals surface area contributed by atoms with Gasteiger partial charge in [0.25, 0.3) is 5.91 Å². The minimum atomic E-state index is -0.561. The summed E-state index contributed by atoms with van der Waals surface area (Å²) in [5.41, 5.74) is 5.27. The summed E-state index contributed by atoms with van der Waals surface area (Å²) in [6, 6.07) is 3.13. The number of benzene rings is 1. The summed E-state index contributed by atoms with van der Waals surface area (Å²) in [7, 11) is 0. The number of hydrogen-bond donors (Lipinski definition) is 3. The van der Waals surface area contributed by atoms with Crippen molar-refractivity contribution in [2.75, 3.05) is 6.54 Å². The Bertz CT molecular complexity index is 382. The summed E-state index contributed by atoms with van der Waals surface area (Å²) in [6.07, 6.45) is 0.627. The number of nitrogens with two attached hydrogens (primary N) is 1. The number of amides is 1.